The molecule has 18 heavy (non-hydrogen) atoms. The highest BCUT2D eigenvalue weighted by Crippen LogP contribution is 2.43. The van der Waals surface area contributed by atoms with Gasteiger partial charge in [-0.1, -0.05) is 26.0 Å². The Morgan fingerprint density at radius 2 is 1.67 bits per heavy atom. The van der Waals surface area contributed by atoms with E-state index in [0.717, 1.165) is 0 Å². The Kier molecular flexibility index (Phi) is 4.27. The fraction of sp³-hybridized carbons (Fsp3) is 0.538. The summed E-state index contributed by atoms with van der Waals surface area (Å²) in [5.74, 6) is 0.0904. The zero-order valence-electron chi connectivity index (χ0n) is 10.5. The Bertz CT molecular complexity index is 386. The van der Waals surface area contributed by atoms with Gasteiger partial charge in [-0.25, -0.2) is 0 Å². The lowest BCUT2D eigenvalue weighted by Gasteiger charge is -2.31. The Morgan fingerprint density at radius 1 is 1.17 bits per heavy atom. The lowest BCUT2D eigenvalue weighted by molar-refractivity contribution is -0.270. The molecular formula is C13H18F3NO. The lowest BCUT2D eigenvalue weighted by atomic mass is 9.86. The molecule has 1 rings (SSSR count). The zero-order chi connectivity index (χ0) is 14.0. The average Bonchev–Trinajstić information content (AvgIpc) is 2.25. The van der Waals surface area contributed by atoms with Crippen molar-refractivity contribution < 1.29 is 18.3 Å². The second-order valence-electron chi connectivity index (χ2n) is 4.91. The van der Waals surface area contributed by atoms with Crippen molar-refractivity contribution in [3.63, 3.8) is 0 Å². The molecule has 0 aliphatic carbocycles. The molecular weight excluding hydrogens is 243 g/mol. The summed E-state index contributed by atoms with van der Waals surface area (Å²) < 4.78 is 39.2. The van der Waals surface area contributed by atoms with Crippen LogP contribution in [0.15, 0.2) is 24.3 Å². The van der Waals surface area contributed by atoms with Gasteiger partial charge >= 0.3 is 6.18 Å². The maximum atomic E-state index is 13.1. The quantitative estimate of drug-likeness (QED) is 0.815. The van der Waals surface area contributed by atoms with Gasteiger partial charge in [-0.2, -0.15) is 13.2 Å². The molecule has 3 N–H and O–H groups in total. The molecule has 0 radical (unpaired) electrons. The van der Waals surface area contributed by atoms with Crippen molar-refractivity contribution in [1.82, 2.24) is 0 Å². The van der Waals surface area contributed by atoms with Crippen LogP contribution in [0.1, 0.15) is 32.3 Å². The molecule has 1 unspecified atom stereocenters. The molecule has 2 nitrogen and oxygen atoms in total. The van der Waals surface area contributed by atoms with E-state index in [2.05, 4.69) is 0 Å². The number of hydrogen-bond acceptors (Lipinski definition) is 2. The summed E-state index contributed by atoms with van der Waals surface area (Å²) in [6.07, 6.45) is -4.75. The summed E-state index contributed by atoms with van der Waals surface area (Å²) in [4.78, 5) is 0. The number of alkyl halides is 3. The summed E-state index contributed by atoms with van der Waals surface area (Å²) in [6.45, 7) is 3.64. The van der Waals surface area contributed by atoms with Crippen LogP contribution >= 0.6 is 0 Å². The molecule has 0 aliphatic rings. The summed E-state index contributed by atoms with van der Waals surface area (Å²) in [5, 5.41) is 9.99. The molecule has 0 spiro atoms. The largest absolute Gasteiger partial charge is 0.421 e. The Morgan fingerprint density at radius 3 is 2.06 bits per heavy atom. The first-order chi connectivity index (χ1) is 8.17. The van der Waals surface area contributed by atoms with E-state index in [-0.39, 0.29) is 17.9 Å². The molecule has 0 saturated carbocycles. The van der Waals surface area contributed by atoms with Gasteiger partial charge < -0.3 is 10.8 Å². The smallest absolute Gasteiger partial charge is 0.399 e. The molecule has 102 valence electrons. The molecule has 1 atom stereocenters. The van der Waals surface area contributed by atoms with Crippen LogP contribution in [0.4, 0.5) is 18.9 Å². The number of benzene rings is 1. The fourth-order valence-electron chi connectivity index (χ4n) is 1.71. The Labute approximate surface area is 105 Å². The van der Waals surface area contributed by atoms with E-state index in [4.69, 9.17) is 5.73 Å². The summed E-state index contributed by atoms with van der Waals surface area (Å²) in [7, 11) is 0. The van der Waals surface area contributed by atoms with Crippen molar-refractivity contribution in [2.45, 2.75) is 38.5 Å². The highest BCUT2D eigenvalue weighted by molar-refractivity contribution is 5.41. The van der Waals surface area contributed by atoms with Crippen LogP contribution in [0.2, 0.25) is 0 Å². The molecule has 1 aromatic carbocycles. The number of halogens is 3. The third-order valence-corrected chi connectivity index (χ3v) is 2.94. The van der Waals surface area contributed by atoms with Crippen molar-refractivity contribution >= 4 is 5.69 Å². The molecule has 1 aromatic rings. The van der Waals surface area contributed by atoms with Gasteiger partial charge in [0.1, 0.15) is 0 Å². The van der Waals surface area contributed by atoms with Crippen molar-refractivity contribution in [1.29, 1.82) is 0 Å². The second kappa shape index (κ2) is 5.18. The minimum Gasteiger partial charge on any atom is -0.399 e. The van der Waals surface area contributed by atoms with Crippen LogP contribution in [-0.2, 0) is 5.60 Å². The van der Waals surface area contributed by atoms with Crippen LogP contribution in [0.5, 0.6) is 0 Å². The van der Waals surface area contributed by atoms with E-state index in [1.54, 1.807) is 0 Å². The zero-order valence-corrected chi connectivity index (χ0v) is 10.5. The van der Waals surface area contributed by atoms with Gasteiger partial charge in [0.15, 0.2) is 5.60 Å². The van der Waals surface area contributed by atoms with Gasteiger partial charge in [0.2, 0.25) is 0 Å². The highest BCUT2D eigenvalue weighted by Gasteiger charge is 2.54. The van der Waals surface area contributed by atoms with Gasteiger partial charge in [0.05, 0.1) is 0 Å². The Balaban J connectivity index is 3.08. The minimum absolute atomic E-state index is 0.0904. The standard InChI is InChI=1S/C13H18F3NO/c1-9(2)7-8-12(18,13(14,15)16)10-3-5-11(17)6-4-10/h3-6,9,18H,7-8,17H2,1-2H3. The predicted octanol–water partition coefficient (Wildman–Crippen LogP) is 3.45. The monoisotopic (exact) mass is 261 g/mol. The summed E-state index contributed by atoms with van der Waals surface area (Å²) in [6, 6.07) is 5.18. The van der Waals surface area contributed by atoms with E-state index in [1.165, 1.54) is 24.3 Å². The molecule has 0 bridgehead atoms. The number of nitrogen functional groups attached to an aromatic ring is 1. The van der Waals surface area contributed by atoms with Crippen LogP contribution in [0.25, 0.3) is 0 Å². The SMILES string of the molecule is CC(C)CCC(O)(c1ccc(N)cc1)C(F)(F)F. The van der Waals surface area contributed by atoms with Gasteiger partial charge in [-0.3, -0.25) is 0 Å². The first-order valence-corrected chi connectivity index (χ1v) is 5.82. The molecule has 0 aromatic heterocycles. The lowest BCUT2D eigenvalue weighted by Crippen LogP contribution is -2.42. The average molecular weight is 261 g/mol. The number of nitrogens with two attached hydrogens (primary N) is 1. The number of hydrogen-bond donors (Lipinski definition) is 2. The molecule has 0 fully saturated rings. The van der Waals surface area contributed by atoms with Crippen molar-refractivity contribution in [2.24, 2.45) is 5.92 Å². The summed E-state index contributed by atoms with van der Waals surface area (Å²) in [5.41, 5.74) is 2.84. The second-order valence-corrected chi connectivity index (χ2v) is 4.91. The topological polar surface area (TPSA) is 46.2 Å². The number of rotatable bonds is 4. The van der Waals surface area contributed by atoms with Crippen LogP contribution in [-0.4, -0.2) is 11.3 Å². The molecule has 5 heteroatoms. The molecule has 0 amide bonds. The van der Waals surface area contributed by atoms with Gasteiger partial charge in [-0.05, 0) is 36.5 Å². The maximum Gasteiger partial charge on any atom is 0.421 e. The molecule has 0 heterocycles. The van der Waals surface area contributed by atoms with Gasteiger partial charge in [0, 0.05) is 5.69 Å². The predicted molar refractivity (Wildman–Crippen MR) is 64.9 cm³/mol. The normalized spacial score (nSPS) is 15.7. The van der Waals surface area contributed by atoms with E-state index in [1.807, 2.05) is 13.8 Å². The Hall–Kier alpha value is -1.23. The van der Waals surface area contributed by atoms with E-state index < -0.39 is 11.8 Å². The van der Waals surface area contributed by atoms with Crippen molar-refractivity contribution in [3.8, 4) is 0 Å². The number of anilines is 1. The molecule has 0 saturated heterocycles. The fourth-order valence-corrected chi connectivity index (χ4v) is 1.71. The van der Waals surface area contributed by atoms with E-state index in [0.29, 0.717) is 12.1 Å². The van der Waals surface area contributed by atoms with Crippen molar-refractivity contribution in [2.75, 3.05) is 5.73 Å². The third-order valence-electron chi connectivity index (χ3n) is 2.94. The van der Waals surface area contributed by atoms with Gasteiger partial charge in [-0.15, -0.1) is 0 Å². The first kappa shape index (κ1) is 14.8. The van der Waals surface area contributed by atoms with Crippen LogP contribution < -0.4 is 5.73 Å². The van der Waals surface area contributed by atoms with E-state index in [9.17, 15) is 18.3 Å². The molecule has 0 aliphatic heterocycles. The maximum absolute atomic E-state index is 13.1. The van der Waals surface area contributed by atoms with Crippen molar-refractivity contribution in [3.05, 3.63) is 29.8 Å². The van der Waals surface area contributed by atoms with Gasteiger partial charge in [0.25, 0.3) is 0 Å². The third kappa shape index (κ3) is 3.16. The van der Waals surface area contributed by atoms with Crippen LogP contribution in [0, 0.1) is 5.92 Å². The summed E-state index contributed by atoms with van der Waals surface area (Å²) >= 11 is 0. The highest BCUT2D eigenvalue weighted by atomic mass is 19.4. The van der Waals surface area contributed by atoms with Crippen LogP contribution in [0.3, 0.4) is 0 Å². The number of aliphatic hydroxyl groups is 1. The first-order valence-electron chi connectivity index (χ1n) is 5.82. The van der Waals surface area contributed by atoms with E-state index >= 15 is 0 Å². The minimum atomic E-state index is -4.70.